The number of carbonyl (C=O) groups is 2. The molecule has 0 bridgehead atoms. The molecule has 0 spiro atoms. The van der Waals surface area contributed by atoms with Gasteiger partial charge in [-0.2, -0.15) is 0 Å². The number of hydrogen-bond donors (Lipinski definition) is 1. The van der Waals surface area contributed by atoms with Gasteiger partial charge in [0.15, 0.2) is 0 Å². The molecule has 0 aromatic heterocycles. The Morgan fingerprint density at radius 3 is 2.88 bits per heavy atom. The molecule has 0 saturated carbocycles. The molecule has 1 fully saturated rings. The molecule has 1 heterocycles. The van der Waals surface area contributed by atoms with Crippen molar-refractivity contribution in [1.82, 2.24) is 10.2 Å². The van der Waals surface area contributed by atoms with Crippen LogP contribution < -0.4 is 5.32 Å². The number of carbonyl (C=O) groups excluding carboxylic acids is 2. The molecule has 1 N–H and O–H groups in total. The third kappa shape index (κ3) is 3.36. The maximum Gasteiger partial charge on any atom is 0.245 e. The minimum atomic E-state index is -0.333. The molecule has 1 aliphatic rings. The van der Waals surface area contributed by atoms with Gasteiger partial charge in [0.05, 0.1) is 0 Å². The van der Waals surface area contributed by atoms with Crippen LogP contribution in [0.5, 0.6) is 0 Å². The van der Waals surface area contributed by atoms with Crippen LogP contribution in [0.25, 0.3) is 0 Å². The fraction of sp³-hybridized carbons (Fsp3) is 0.667. The fourth-order valence-electron chi connectivity index (χ4n) is 1.79. The van der Waals surface area contributed by atoms with E-state index < -0.39 is 0 Å². The van der Waals surface area contributed by atoms with Gasteiger partial charge in [0, 0.05) is 19.5 Å². The van der Waals surface area contributed by atoms with Crippen LogP contribution in [0.3, 0.4) is 0 Å². The SMILES string of the molecule is C/C=C/CCN1CCC(=O)NC(CC)C1=O. The van der Waals surface area contributed by atoms with Crippen molar-refractivity contribution < 1.29 is 9.59 Å². The zero-order valence-electron chi connectivity index (χ0n) is 10.0. The molecule has 16 heavy (non-hydrogen) atoms. The molecule has 0 aromatic carbocycles. The van der Waals surface area contributed by atoms with Crippen molar-refractivity contribution in [2.45, 2.75) is 39.2 Å². The van der Waals surface area contributed by atoms with Gasteiger partial charge in [0.25, 0.3) is 0 Å². The lowest BCUT2D eigenvalue weighted by Crippen LogP contribution is -2.44. The standard InChI is InChI=1S/C12H20N2O2/c1-3-5-6-8-14-9-7-11(15)13-10(4-2)12(14)16/h3,5,10H,4,6-9H2,1-2H3,(H,13,15)/b5-3+. The Hall–Kier alpha value is -1.32. The predicted molar refractivity (Wildman–Crippen MR) is 62.8 cm³/mol. The van der Waals surface area contributed by atoms with E-state index in [9.17, 15) is 9.59 Å². The first-order valence-electron chi connectivity index (χ1n) is 5.88. The highest BCUT2D eigenvalue weighted by Crippen LogP contribution is 2.07. The summed E-state index contributed by atoms with van der Waals surface area (Å²) in [5.74, 6) is 0.0339. The van der Waals surface area contributed by atoms with E-state index in [0.717, 1.165) is 6.42 Å². The quantitative estimate of drug-likeness (QED) is 0.726. The Bertz CT molecular complexity index is 287. The van der Waals surface area contributed by atoms with Crippen LogP contribution in [0.4, 0.5) is 0 Å². The minimum Gasteiger partial charge on any atom is -0.344 e. The van der Waals surface area contributed by atoms with E-state index in [2.05, 4.69) is 5.32 Å². The summed E-state index contributed by atoms with van der Waals surface area (Å²) in [7, 11) is 0. The Labute approximate surface area is 96.7 Å². The minimum absolute atomic E-state index is 0.0197. The smallest absolute Gasteiger partial charge is 0.245 e. The van der Waals surface area contributed by atoms with E-state index in [1.54, 1.807) is 4.90 Å². The van der Waals surface area contributed by atoms with Gasteiger partial charge >= 0.3 is 0 Å². The first-order chi connectivity index (χ1) is 7.69. The van der Waals surface area contributed by atoms with E-state index in [4.69, 9.17) is 0 Å². The van der Waals surface area contributed by atoms with Gasteiger partial charge in [0.2, 0.25) is 11.8 Å². The molecule has 4 heteroatoms. The van der Waals surface area contributed by atoms with Crippen LogP contribution in [0.2, 0.25) is 0 Å². The summed E-state index contributed by atoms with van der Waals surface area (Å²) < 4.78 is 0. The van der Waals surface area contributed by atoms with E-state index in [1.165, 1.54) is 0 Å². The topological polar surface area (TPSA) is 49.4 Å². The zero-order valence-corrected chi connectivity index (χ0v) is 10.0. The highest BCUT2D eigenvalue weighted by Gasteiger charge is 2.27. The molecule has 1 atom stereocenters. The second kappa shape index (κ2) is 6.30. The van der Waals surface area contributed by atoms with Gasteiger partial charge in [-0.1, -0.05) is 19.1 Å². The van der Waals surface area contributed by atoms with Crippen molar-refractivity contribution in [3.05, 3.63) is 12.2 Å². The van der Waals surface area contributed by atoms with Crippen molar-refractivity contribution in [1.29, 1.82) is 0 Å². The third-order valence-electron chi connectivity index (χ3n) is 2.76. The predicted octanol–water partition coefficient (Wildman–Crippen LogP) is 1.08. The summed E-state index contributed by atoms with van der Waals surface area (Å²) in [5, 5.41) is 2.75. The molecule has 0 aliphatic carbocycles. The molecule has 1 aliphatic heterocycles. The zero-order chi connectivity index (χ0) is 12.0. The first-order valence-corrected chi connectivity index (χ1v) is 5.88. The fourth-order valence-corrected chi connectivity index (χ4v) is 1.79. The number of hydrogen-bond acceptors (Lipinski definition) is 2. The lowest BCUT2D eigenvalue weighted by atomic mass is 10.2. The van der Waals surface area contributed by atoms with Crippen molar-refractivity contribution in [2.75, 3.05) is 13.1 Å². The van der Waals surface area contributed by atoms with E-state index in [1.807, 2.05) is 26.0 Å². The molecule has 4 nitrogen and oxygen atoms in total. The maximum absolute atomic E-state index is 12.0. The number of nitrogens with zero attached hydrogens (tertiary/aromatic N) is 1. The molecule has 90 valence electrons. The third-order valence-corrected chi connectivity index (χ3v) is 2.76. The van der Waals surface area contributed by atoms with Gasteiger partial charge in [-0.05, 0) is 19.8 Å². The Morgan fingerprint density at radius 1 is 1.50 bits per heavy atom. The van der Waals surface area contributed by atoms with E-state index in [0.29, 0.717) is 25.9 Å². The maximum atomic E-state index is 12.0. The average Bonchev–Trinajstić information content (AvgIpc) is 2.41. The summed E-state index contributed by atoms with van der Waals surface area (Å²) in [5.41, 5.74) is 0. The molecule has 1 rings (SSSR count). The summed E-state index contributed by atoms with van der Waals surface area (Å²) in [6.45, 7) is 5.12. The molecule has 0 aromatic rings. The largest absolute Gasteiger partial charge is 0.344 e. The summed E-state index contributed by atoms with van der Waals surface area (Å²) in [6, 6.07) is -0.333. The van der Waals surface area contributed by atoms with E-state index in [-0.39, 0.29) is 17.9 Å². The van der Waals surface area contributed by atoms with Crippen molar-refractivity contribution in [3.63, 3.8) is 0 Å². The molecule has 1 unspecified atom stereocenters. The number of amides is 2. The lowest BCUT2D eigenvalue weighted by Gasteiger charge is -2.22. The normalized spacial score (nSPS) is 22.4. The highest BCUT2D eigenvalue weighted by molar-refractivity contribution is 5.89. The molecule has 1 saturated heterocycles. The van der Waals surface area contributed by atoms with Crippen molar-refractivity contribution in [3.8, 4) is 0 Å². The lowest BCUT2D eigenvalue weighted by molar-refractivity contribution is -0.133. The Balaban J connectivity index is 2.60. The van der Waals surface area contributed by atoms with Gasteiger partial charge < -0.3 is 10.2 Å². The van der Waals surface area contributed by atoms with Gasteiger partial charge in [-0.15, -0.1) is 0 Å². The second-order valence-electron chi connectivity index (χ2n) is 3.96. The monoisotopic (exact) mass is 224 g/mol. The number of allylic oxidation sites excluding steroid dienone is 1. The van der Waals surface area contributed by atoms with Crippen LogP contribution in [0.1, 0.15) is 33.1 Å². The second-order valence-corrected chi connectivity index (χ2v) is 3.96. The van der Waals surface area contributed by atoms with Gasteiger partial charge in [-0.3, -0.25) is 9.59 Å². The molecular formula is C12H20N2O2. The highest BCUT2D eigenvalue weighted by atomic mass is 16.2. The summed E-state index contributed by atoms with van der Waals surface area (Å²) in [6.07, 6.45) is 5.94. The Morgan fingerprint density at radius 2 is 2.25 bits per heavy atom. The van der Waals surface area contributed by atoms with Crippen LogP contribution in [-0.4, -0.2) is 35.8 Å². The van der Waals surface area contributed by atoms with Gasteiger partial charge in [-0.25, -0.2) is 0 Å². The number of nitrogens with one attached hydrogen (secondary N) is 1. The van der Waals surface area contributed by atoms with Crippen LogP contribution in [0, 0.1) is 0 Å². The Kier molecular flexibility index (Phi) is 5.02. The number of rotatable bonds is 4. The summed E-state index contributed by atoms with van der Waals surface area (Å²) >= 11 is 0. The van der Waals surface area contributed by atoms with Crippen LogP contribution >= 0.6 is 0 Å². The van der Waals surface area contributed by atoms with Crippen molar-refractivity contribution in [2.24, 2.45) is 0 Å². The molecule has 0 radical (unpaired) electrons. The van der Waals surface area contributed by atoms with Gasteiger partial charge in [0.1, 0.15) is 6.04 Å². The molecule has 2 amide bonds. The first kappa shape index (κ1) is 12.7. The molecular weight excluding hydrogens is 204 g/mol. The average molecular weight is 224 g/mol. The summed E-state index contributed by atoms with van der Waals surface area (Å²) in [4.78, 5) is 25.2. The van der Waals surface area contributed by atoms with Crippen LogP contribution in [-0.2, 0) is 9.59 Å². The van der Waals surface area contributed by atoms with Crippen molar-refractivity contribution >= 4 is 11.8 Å². The van der Waals surface area contributed by atoms with Crippen LogP contribution in [0.15, 0.2) is 12.2 Å². The van der Waals surface area contributed by atoms with E-state index >= 15 is 0 Å².